The quantitative estimate of drug-likeness (QED) is 0.810. The number of benzene rings is 1. The van der Waals surface area contributed by atoms with Crippen LogP contribution in [0.3, 0.4) is 0 Å². The standard InChI is InChI=1S/C14H15NO2/c1-11-13(8-9-17-11)10-15(2)14(16)12-6-4-3-5-7-12/h3-9H,10H2,1-2H3. The lowest BCUT2D eigenvalue weighted by molar-refractivity contribution is 0.0784. The lowest BCUT2D eigenvalue weighted by Gasteiger charge is -2.16. The van der Waals surface area contributed by atoms with Gasteiger partial charge < -0.3 is 9.32 Å². The van der Waals surface area contributed by atoms with Gasteiger partial charge in [-0.15, -0.1) is 0 Å². The third-order valence-corrected chi connectivity index (χ3v) is 2.74. The van der Waals surface area contributed by atoms with Gasteiger partial charge in [0.15, 0.2) is 0 Å². The molecule has 3 nitrogen and oxygen atoms in total. The molecule has 1 amide bonds. The molecule has 1 heterocycles. The number of nitrogens with zero attached hydrogens (tertiary/aromatic N) is 1. The largest absolute Gasteiger partial charge is 0.469 e. The van der Waals surface area contributed by atoms with Crippen molar-refractivity contribution in [3.05, 3.63) is 59.5 Å². The van der Waals surface area contributed by atoms with Crippen molar-refractivity contribution in [3.63, 3.8) is 0 Å². The average Bonchev–Trinajstić information content (AvgIpc) is 2.75. The maximum Gasteiger partial charge on any atom is 0.253 e. The fraction of sp³-hybridized carbons (Fsp3) is 0.214. The van der Waals surface area contributed by atoms with Crippen LogP contribution in [0.15, 0.2) is 47.1 Å². The lowest BCUT2D eigenvalue weighted by Crippen LogP contribution is -2.26. The topological polar surface area (TPSA) is 33.5 Å². The number of carbonyl (C=O) groups excluding carboxylic acids is 1. The fourth-order valence-electron chi connectivity index (χ4n) is 1.70. The van der Waals surface area contributed by atoms with E-state index in [2.05, 4.69) is 0 Å². The van der Waals surface area contributed by atoms with E-state index < -0.39 is 0 Å². The Hall–Kier alpha value is -2.03. The van der Waals surface area contributed by atoms with Gasteiger partial charge in [0.25, 0.3) is 5.91 Å². The first kappa shape index (κ1) is 11.5. The molecule has 0 saturated heterocycles. The predicted octanol–water partition coefficient (Wildman–Crippen LogP) is 2.86. The van der Waals surface area contributed by atoms with Crippen molar-refractivity contribution in [2.24, 2.45) is 0 Å². The second-order valence-corrected chi connectivity index (χ2v) is 4.03. The van der Waals surface area contributed by atoms with Gasteiger partial charge in [0.05, 0.1) is 6.26 Å². The Morgan fingerprint density at radius 3 is 2.53 bits per heavy atom. The second kappa shape index (κ2) is 4.87. The van der Waals surface area contributed by atoms with E-state index in [0.29, 0.717) is 12.1 Å². The lowest BCUT2D eigenvalue weighted by atomic mass is 10.2. The van der Waals surface area contributed by atoms with E-state index in [1.807, 2.05) is 43.3 Å². The van der Waals surface area contributed by atoms with Crippen molar-refractivity contribution in [1.29, 1.82) is 0 Å². The zero-order valence-corrected chi connectivity index (χ0v) is 10.0. The number of carbonyl (C=O) groups is 1. The van der Waals surface area contributed by atoms with Crippen LogP contribution in [0.4, 0.5) is 0 Å². The summed E-state index contributed by atoms with van der Waals surface area (Å²) in [7, 11) is 1.79. The number of hydrogen-bond donors (Lipinski definition) is 0. The Balaban J connectivity index is 2.09. The first-order valence-corrected chi connectivity index (χ1v) is 5.52. The minimum absolute atomic E-state index is 0.0196. The van der Waals surface area contributed by atoms with E-state index in [-0.39, 0.29) is 5.91 Å². The maximum absolute atomic E-state index is 12.1. The van der Waals surface area contributed by atoms with Gasteiger partial charge in [-0.25, -0.2) is 0 Å². The van der Waals surface area contributed by atoms with E-state index in [9.17, 15) is 4.79 Å². The van der Waals surface area contributed by atoms with Crippen molar-refractivity contribution in [2.45, 2.75) is 13.5 Å². The molecule has 0 aliphatic rings. The van der Waals surface area contributed by atoms with Gasteiger partial charge in [0.2, 0.25) is 0 Å². The molecule has 88 valence electrons. The van der Waals surface area contributed by atoms with Crippen LogP contribution in [0.1, 0.15) is 21.7 Å². The Morgan fingerprint density at radius 1 is 1.24 bits per heavy atom. The number of furan rings is 1. The zero-order chi connectivity index (χ0) is 12.3. The van der Waals surface area contributed by atoms with Crippen molar-refractivity contribution >= 4 is 5.91 Å². The molecule has 0 N–H and O–H groups in total. The molecule has 0 saturated carbocycles. The molecule has 2 aromatic rings. The molecule has 17 heavy (non-hydrogen) atoms. The van der Waals surface area contributed by atoms with Crippen molar-refractivity contribution in [2.75, 3.05) is 7.05 Å². The van der Waals surface area contributed by atoms with Crippen molar-refractivity contribution in [3.8, 4) is 0 Å². The Morgan fingerprint density at radius 2 is 1.94 bits per heavy atom. The summed E-state index contributed by atoms with van der Waals surface area (Å²) in [4.78, 5) is 13.8. The van der Waals surface area contributed by atoms with Gasteiger partial charge in [-0.1, -0.05) is 18.2 Å². The van der Waals surface area contributed by atoms with Gasteiger partial charge in [0.1, 0.15) is 5.76 Å². The minimum Gasteiger partial charge on any atom is -0.469 e. The van der Waals surface area contributed by atoms with Crippen LogP contribution in [0.2, 0.25) is 0 Å². The van der Waals surface area contributed by atoms with Crippen LogP contribution < -0.4 is 0 Å². The first-order valence-electron chi connectivity index (χ1n) is 5.52. The van der Waals surface area contributed by atoms with Crippen LogP contribution in [0.25, 0.3) is 0 Å². The zero-order valence-electron chi connectivity index (χ0n) is 10.0. The molecule has 0 spiro atoms. The molecule has 1 aromatic heterocycles. The van der Waals surface area contributed by atoms with Crippen molar-refractivity contribution in [1.82, 2.24) is 4.90 Å². The molecule has 1 aromatic carbocycles. The van der Waals surface area contributed by atoms with E-state index in [1.54, 1.807) is 18.2 Å². The predicted molar refractivity (Wildman–Crippen MR) is 65.7 cm³/mol. The van der Waals surface area contributed by atoms with Gasteiger partial charge in [-0.05, 0) is 25.1 Å². The molecular formula is C14H15NO2. The highest BCUT2D eigenvalue weighted by Gasteiger charge is 2.13. The summed E-state index contributed by atoms with van der Waals surface area (Å²) >= 11 is 0. The highest BCUT2D eigenvalue weighted by Crippen LogP contribution is 2.12. The monoisotopic (exact) mass is 229 g/mol. The van der Waals surface area contributed by atoms with Crippen LogP contribution in [0.5, 0.6) is 0 Å². The van der Waals surface area contributed by atoms with Crippen LogP contribution in [-0.4, -0.2) is 17.9 Å². The SMILES string of the molecule is Cc1occc1CN(C)C(=O)c1ccccc1. The Kier molecular flexibility index (Phi) is 3.28. The molecular weight excluding hydrogens is 214 g/mol. The molecule has 2 rings (SSSR count). The highest BCUT2D eigenvalue weighted by atomic mass is 16.3. The molecule has 0 unspecified atom stereocenters. The summed E-state index contributed by atoms with van der Waals surface area (Å²) < 4.78 is 5.21. The summed E-state index contributed by atoms with van der Waals surface area (Å²) in [5.41, 5.74) is 1.74. The third-order valence-electron chi connectivity index (χ3n) is 2.74. The fourth-order valence-corrected chi connectivity index (χ4v) is 1.70. The molecule has 0 atom stereocenters. The highest BCUT2D eigenvalue weighted by molar-refractivity contribution is 5.93. The first-order chi connectivity index (χ1) is 8.18. The van der Waals surface area contributed by atoms with Gasteiger partial charge >= 0.3 is 0 Å². The Labute approximate surface area is 101 Å². The maximum atomic E-state index is 12.1. The Bertz CT molecular complexity index is 502. The van der Waals surface area contributed by atoms with Crippen LogP contribution in [0, 0.1) is 6.92 Å². The summed E-state index contributed by atoms with van der Waals surface area (Å²) in [6.07, 6.45) is 1.64. The number of aryl methyl sites for hydroxylation is 1. The second-order valence-electron chi connectivity index (χ2n) is 4.03. The van der Waals surface area contributed by atoms with Gasteiger partial charge in [0, 0.05) is 24.7 Å². The van der Waals surface area contributed by atoms with Gasteiger partial charge in [-0.3, -0.25) is 4.79 Å². The van der Waals surface area contributed by atoms with E-state index in [4.69, 9.17) is 4.42 Å². The number of amides is 1. The number of hydrogen-bond acceptors (Lipinski definition) is 2. The molecule has 0 aliphatic carbocycles. The third kappa shape index (κ3) is 2.56. The minimum atomic E-state index is 0.0196. The van der Waals surface area contributed by atoms with E-state index in [0.717, 1.165) is 11.3 Å². The van der Waals surface area contributed by atoms with E-state index in [1.165, 1.54) is 0 Å². The van der Waals surface area contributed by atoms with E-state index >= 15 is 0 Å². The summed E-state index contributed by atoms with van der Waals surface area (Å²) in [6, 6.07) is 11.2. The van der Waals surface area contributed by atoms with Crippen molar-refractivity contribution < 1.29 is 9.21 Å². The smallest absolute Gasteiger partial charge is 0.253 e. The normalized spacial score (nSPS) is 10.2. The van der Waals surface area contributed by atoms with Crippen LogP contribution in [-0.2, 0) is 6.54 Å². The molecule has 0 fully saturated rings. The summed E-state index contributed by atoms with van der Waals surface area (Å²) in [5.74, 6) is 0.879. The summed E-state index contributed by atoms with van der Waals surface area (Å²) in [5, 5.41) is 0. The summed E-state index contributed by atoms with van der Waals surface area (Å²) in [6.45, 7) is 2.46. The molecule has 0 bridgehead atoms. The molecule has 3 heteroatoms. The number of rotatable bonds is 3. The average molecular weight is 229 g/mol. The molecule has 0 radical (unpaired) electrons. The van der Waals surface area contributed by atoms with Crippen LogP contribution >= 0.6 is 0 Å². The van der Waals surface area contributed by atoms with Gasteiger partial charge in [-0.2, -0.15) is 0 Å². The molecule has 0 aliphatic heterocycles.